The third kappa shape index (κ3) is 3.91. The zero-order chi connectivity index (χ0) is 21.3. The van der Waals surface area contributed by atoms with Crippen LogP contribution < -0.4 is 5.56 Å². The van der Waals surface area contributed by atoms with E-state index in [1.54, 1.807) is 54.4 Å². The second-order valence-corrected chi connectivity index (χ2v) is 8.11. The van der Waals surface area contributed by atoms with E-state index in [-0.39, 0.29) is 11.4 Å². The summed E-state index contributed by atoms with van der Waals surface area (Å²) in [6, 6.07) is 18.9. The first-order valence-electron chi connectivity index (χ1n) is 9.27. The molecule has 1 aromatic heterocycles. The highest BCUT2D eigenvalue weighted by molar-refractivity contribution is 7.98. The molecule has 30 heavy (non-hydrogen) atoms. The van der Waals surface area contributed by atoms with Gasteiger partial charge in [-0.3, -0.25) is 4.79 Å². The Morgan fingerprint density at radius 1 is 1.00 bits per heavy atom. The van der Waals surface area contributed by atoms with Crippen LogP contribution in [-0.2, 0) is 0 Å². The molecule has 0 aliphatic rings. The van der Waals surface area contributed by atoms with Gasteiger partial charge in [-0.05, 0) is 66.3 Å². The Morgan fingerprint density at radius 3 is 2.40 bits per heavy atom. The van der Waals surface area contributed by atoms with Crippen molar-refractivity contribution in [1.29, 1.82) is 0 Å². The van der Waals surface area contributed by atoms with Crippen molar-refractivity contribution in [1.82, 2.24) is 9.78 Å². The van der Waals surface area contributed by atoms with E-state index in [0.717, 1.165) is 11.1 Å². The SMILES string of the molecule is CSc1ccc(-c2cnn(-c3cccc(Cl)c3)c(=O)c2-c2ccc(F)cc2)cc1C. The average molecular weight is 437 g/mol. The van der Waals surface area contributed by atoms with Crippen molar-refractivity contribution in [3.63, 3.8) is 0 Å². The molecule has 150 valence electrons. The van der Waals surface area contributed by atoms with Gasteiger partial charge in [0.1, 0.15) is 5.82 Å². The van der Waals surface area contributed by atoms with Gasteiger partial charge < -0.3 is 0 Å². The second kappa shape index (κ2) is 8.46. The lowest BCUT2D eigenvalue weighted by atomic mass is 9.96. The van der Waals surface area contributed by atoms with E-state index in [1.165, 1.54) is 21.7 Å². The summed E-state index contributed by atoms with van der Waals surface area (Å²) in [7, 11) is 0. The maximum Gasteiger partial charge on any atom is 0.279 e. The molecular weight excluding hydrogens is 419 g/mol. The summed E-state index contributed by atoms with van der Waals surface area (Å²) in [4.78, 5) is 14.7. The summed E-state index contributed by atoms with van der Waals surface area (Å²) in [5.74, 6) is -0.357. The third-order valence-electron chi connectivity index (χ3n) is 4.87. The van der Waals surface area contributed by atoms with Crippen molar-refractivity contribution in [2.45, 2.75) is 11.8 Å². The molecule has 0 N–H and O–H groups in total. The van der Waals surface area contributed by atoms with Gasteiger partial charge in [0.25, 0.3) is 5.56 Å². The summed E-state index contributed by atoms with van der Waals surface area (Å²) in [6.45, 7) is 2.04. The minimum absolute atomic E-state index is 0.298. The van der Waals surface area contributed by atoms with Crippen molar-refractivity contribution >= 4 is 23.4 Å². The van der Waals surface area contributed by atoms with Gasteiger partial charge in [-0.1, -0.05) is 41.9 Å². The van der Waals surface area contributed by atoms with Crippen molar-refractivity contribution < 1.29 is 4.39 Å². The van der Waals surface area contributed by atoms with Crippen molar-refractivity contribution in [2.24, 2.45) is 0 Å². The van der Waals surface area contributed by atoms with Crippen molar-refractivity contribution in [3.05, 3.63) is 99.7 Å². The zero-order valence-corrected chi connectivity index (χ0v) is 18.0. The molecule has 0 aliphatic heterocycles. The number of hydrogen-bond donors (Lipinski definition) is 0. The molecule has 0 radical (unpaired) electrons. The van der Waals surface area contributed by atoms with Crippen LogP contribution in [0, 0.1) is 12.7 Å². The topological polar surface area (TPSA) is 34.9 Å². The van der Waals surface area contributed by atoms with Crippen LogP contribution in [0.3, 0.4) is 0 Å². The summed E-state index contributed by atoms with van der Waals surface area (Å²) in [5, 5.41) is 4.92. The number of hydrogen-bond acceptors (Lipinski definition) is 3. The molecule has 0 fully saturated rings. The Hall–Kier alpha value is -2.89. The lowest BCUT2D eigenvalue weighted by Gasteiger charge is -2.14. The number of rotatable bonds is 4. The van der Waals surface area contributed by atoms with Crippen molar-refractivity contribution in [2.75, 3.05) is 6.26 Å². The molecule has 4 aromatic rings. The Kier molecular flexibility index (Phi) is 5.75. The van der Waals surface area contributed by atoms with E-state index in [2.05, 4.69) is 5.10 Å². The number of halogens is 2. The highest BCUT2D eigenvalue weighted by Crippen LogP contribution is 2.32. The molecule has 0 spiro atoms. The minimum Gasteiger partial charge on any atom is -0.267 e. The molecule has 1 heterocycles. The van der Waals surface area contributed by atoms with Gasteiger partial charge in [-0.15, -0.1) is 11.8 Å². The average Bonchev–Trinajstić information content (AvgIpc) is 2.74. The largest absolute Gasteiger partial charge is 0.279 e. The minimum atomic E-state index is -0.357. The maximum absolute atomic E-state index is 13.5. The first-order chi connectivity index (χ1) is 14.5. The summed E-state index contributed by atoms with van der Waals surface area (Å²) in [6.07, 6.45) is 3.70. The van der Waals surface area contributed by atoms with Crippen LogP contribution in [0.1, 0.15) is 5.56 Å². The van der Waals surface area contributed by atoms with E-state index in [0.29, 0.717) is 27.4 Å². The van der Waals surface area contributed by atoms with E-state index >= 15 is 0 Å². The van der Waals surface area contributed by atoms with Crippen LogP contribution in [0.15, 0.2) is 82.6 Å². The van der Waals surface area contributed by atoms with E-state index < -0.39 is 0 Å². The Bertz CT molecular complexity index is 1290. The van der Waals surface area contributed by atoms with Gasteiger partial charge in [0.15, 0.2) is 0 Å². The number of thioether (sulfide) groups is 1. The molecule has 0 saturated heterocycles. The van der Waals surface area contributed by atoms with Crippen LogP contribution >= 0.6 is 23.4 Å². The van der Waals surface area contributed by atoms with Gasteiger partial charge in [0.05, 0.1) is 17.4 Å². The summed E-state index contributed by atoms with van der Waals surface area (Å²) < 4.78 is 14.9. The Balaban J connectivity index is 1.99. The van der Waals surface area contributed by atoms with Gasteiger partial charge in [0, 0.05) is 15.5 Å². The standard InChI is InChI=1S/C24H18ClFN2OS/c1-15-12-17(8-11-22(15)30-2)21-14-27-28(20-5-3-4-18(25)13-20)24(29)23(21)16-6-9-19(26)10-7-16/h3-14H,1-2H3. The predicted molar refractivity (Wildman–Crippen MR) is 122 cm³/mol. The van der Waals surface area contributed by atoms with Crippen LogP contribution in [-0.4, -0.2) is 16.0 Å². The molecule has 0 amide bonds. The quantitative estimate of drug-likeness (QED) is 0.348. The number of aryl methyl sites for hydroxylation is 1. The van der Waals surface area contributed by atoms with Gasteiger partial charge in [-0.25, -0.2) is 4.39 Å². The Morgan fingerprint density at radius 2 is 1.73 bits per heavy atom. The fourth-order valence-electron chi connectivity index (χ4n) is 3.41. The van der Waals surface area contributed by atoms with E-state index in [9.17, 15) is 9.18 Å². The fourth-order valence-corrected chi connectivity index (χ4v) is 4.18. The molecule has 0 saturated carbocycles. The van der Waals surface area contributed by atoms with Crippen LogP contribution in [0.25, 0.3) is 27.9 Å². The monoisotopic (exact) mass is 436 g/mol. The van der Waals surface area contributed by atoms with Crippen LogP contribution in [0.4, 0.5) is 4.39 Å². The first-order valence-corrected chi connectivity index (χ1v) is 10.9. The maximum atomic E-state index is 13.5. The molecule has 0 unspecified atom stereocenters. The molecule has 6 heteroatoms. The van der Waals surface area contributed by atoms with Gasteiger partial charge >= 0.3 is 0 Å². The van der Waals surface area contributed by atoms with Crippen molar-refractivity contribution in [3.8, 4) is 27.9 Å². The molecule has 3 nitrogen and oxygen atoms in total. The molecule has 0 bridgehead atoms. The summed E-state index contributed by atoms with van der Waals surface area (Å²) >= 11 is 7.78. The second-order valence-electron chi connectivity index (χ2n) is 6.82. The molecule has 0 aliphatic carbocycles. The zero-order valence-electron chi connectivity index (χ0n) is 16.4. The van der Waals surface area contributed by atoms with E-state index in [1.807, 2.05) is 31.4 Å². The fraction of sp³-hybridized carbons (Fsp3) is 0.0833. The lowest BCUT2D eigenvalue weighted by molar-refractivity contribution is 0.628. The highest BCUT2D eigenvalue weighted by atomic mass is 35.5. The smallest absolute Gasteiger partial charge is 0.267 e. The summed E-state index contributed by atoms with van der Waals surface area (Å²) in [5.41, 5.74) is 4.05. The van der Waals surface area contributed by atoms with Gasteiger partial charge in [0.2, 0.25) is 0 Å². The first kappa shape index (κ1) is 20.4. The number of nitrogens with zero attached hydrogens (tertiary/aromatic N) is 2. The number of aromatic nitrogens is 2. The van der Waals surface area contributed by atoms with Crippen LogP contribution in [0.2, 0.25) is 5.02 Å². The third-order valence-corrected chi connectivity index (χ3v) is 6.00. The molecule has 0 atom stereocenters. The molecule has 4 rings (SSSR count). The van der Waals surface area contributed by atoms with E-state index in [4.69, 9.17) is 11.6 Å². The normalized spacial score (nSPS) is 10.9. The lowest BCUT2D eigenvalue weighted by Crippen LogP contribution is -2.23. The molecular formula is C24H18ClFN2OS. The number of benzene rings is 3. The van der Waals surface area contributed by atoms with Gasteiger partial charge in [-0.2, -0.15) is 9.78 Å². The highest BCUT2D eigenvalue weighted by Gasteiger charge is 2.17. The molecule has 3 aromatic carbocycles. The van der Waals surface area contributed by atoms with Crippen LogP contribution in [0.5, 0.6) is 0 Å². The Labute approximate surface area is 183 Å². The predicted octanol–water partition coefficient (Wildman–Crippen LogP) is 6.39.